The minimum absolute atomic E-state index is 0.00262. The van der Waals surface area contributed by atoms with E-state index in [1.807, 2.05) is 52.9 Å². The Morgan fingerprint density at radius 2 is 2.12 bits per heavy atom. The number of hydrogen-bond acceptors (Lipinski definition) is 4. The molecule has 0 fully saturated rings. The van der Waals surface area contributed by atoms with Gasteiger partial charge in [-0.3, -0.25) is 0 Å². The van der Waals surface area contributed by atoms with Crippen LogP contribution in [0.2, 0.25) is 0 Å². The van der Waals surface area contributed by atoms with Crippen LogP contribution in [0.25, 0.3) is 0 Å². The van der Waals surface area contributed by atoms with Gasteiger partial charge in [0.1, 0.15) is 16.1 Å². The average molecular weight is 343 g/mol. The van der Waals surface area contributed by atoms with Crippen molar-refractivity contribution >= 4 is 28.6 Å². The third kappa shape index (κ3) is 3.06. The molecule has 0 atom stereocenters. The van der Waals surface area contributed by atoms with E-state index in [2.05, 4.69) is 4.98 Å². The SMILES string of the molecule is Cc1oc(C(=O)OCc2ccccc2)nc1I. The molecule has 0 spiro atoms. The molecule has 0 saturated heterocycles. The fourth-order valence-corrected chi connectivity index (χ4v) is 1.58. The summed E-state index contributed by atoms with van der Waals surface area (Å²) < 4.78 is 10.9. The van der Waals surface area contributed by atoms with Crippen LogP contribution in [0.5, 0.6) is 0 Å². The van der Waals surface area contributed by atoms with E-state index >= 15 is 0 Å². The number of aromatic nitrogens is 1. The Hall–Kier alpha value is -1.37. The molecule has 0 aliphatic carbocycles. The Morgan fingerprint density at radius 1 is 1.41 bits per heavy atom. The number of nitrogens with zero attached hydrogens (tertiary/aromatic N) is 1. The average Bonchev–Trinajstić information content (AvgIpc) is 2.68. The second-order valence-electron chi connectivity index (χ2n) is 3.43. The maximum Gasteiger partial charge on any atom is 0.395 e. The van der Waals surface area contributed by atoms with Gasteiger partial charge in [-0.2, -0.15) is 4.98 Å². The van der Waals surface area contributed by atoms with Crippen LogP contribution in [0, 0.1) is 10.6 Å². The van der Waals surface area contributed by atoms with Crippen molar-refractivity contribution in [3.63, 3.8) is 0 Å². The number of esters is 1. The number of rotatable bonds is 3. The lowest BCUT2D eigenvalue weighted by molar-refractivity contribution is 0.0425. The summed E-state index contributed by atoms with van der Waals surface area (Å²) in [5.74, 6) is 0.0833. The Morgan fingerprint density at radius 3 is 2.71 bits per heavy atom. The minimum Gasteiger partial charge on any atom is -0.454 e. The van der Waals surface area contributed by atoms with E-state index in [1.54, 1.807) is 6.92 Å². The molecular weight excluding hydrogens is 333 g/mol. The predicted octanol–water partition coefficient (Wildman–Crippen LogP) is 2.94. The quantitative estimate of drug-likeness (QED) is 0.635. The zero-order chi connectivity index (χ0) is 12.3. The van der Waals surface area contributed by atoms with Crippen LogP contribution >= 0.6 is 22.6 Å². The monoisotopic (exact) mass is 343 g/mol. The number of ether oxygens (including phenoxy) is 1. The van der Waals surface area contributed by atoms with Gasteiger partial charge >= 0.3 is 11.9 Å². The molecule has 0 aliphatic rings. The van der Waals surface area contributed by atoms with Gasteiger partial charge in [0.15, 0.2) is 0 Å². The molecule has 2 aromatic rings. The number of carbonyl (C=O) groups is 1. The lowest BCUT2D eigenvalue weighted by Crippen LogP contribution is -2.05. The van der Waals surface area contributed by atoms with Crippen LogP contribution in [0.15, 0.2) is 34.7 Å². The van der Waals surface area contributed by atoms with Crippen molar-refractivity contribution in [1.82, 2.24) is 4.98 Å². The topological polar surface area (TPSA) is 52.3 Å². The molecule has 0 radical (unpaired) electrons. The summed E-state index contributed by atoms with van der Waals surface area (Å²) in [6, 6.07) is 9.46. The molecule has 88 valence electrons. The maximum absolute atomic E-state index is 11.6. The zero-order valence-electron chi connectivity index (χ0n) is 9.14. The predicted molar refractivity (Wildman–Crippen MR) is 69.5 cm³/mol. The molecule has 0 unspecified atom stereocenters. The number of benzene rings is 1. The van der Waals surface area contributed by atoms with Crippen LogP contribution in [0.1, 0.15) is 22.0 Å². The summed E-state index contributed by atoms with van der Waals surface area (Å²) in [6.45, 7) is 1.97. The summed E-state index contributed by atoms with van der Waals surface area (Å²) in [5.41, 5.74) is 0.929. The van der Waals surface area contributed by atoms with Crippen LogP contribution in [0.4, 0.5) is 0 Å². The first kappa shape index (κ1) is 12.1. The first-order chi connectivity index (χ1) is 8.16. The second-order valence-corrected chi connectivity index (χ2v) is 4.45. The van der Waals surface area contributed by atoms with Crippen molar-refractivity contribution in [2.24, 2.45) is 0 Å². The highest BCUT2D eigenvalue weighted by atomic mass is 127. The first-order valence-electron chi connectivity index (χ1n) is 5.01. The number of halogens is 1. The molecule has 5 heteroatoms. The van der Waals surface area contributed by atoms with E-state index in [1.165, 1.54) is 0 Å². The molecule has 1 aromatic carbocycles. The highest BCUT2D eigenvalue weighted by Gasteiger charge is 2.16. The maximum atomic E-state index is 11.6. The van der Waals surface area contributed by atoms with Crippen molar-refractivity contribution in [2.75, 3.05) is 0 Å². The largest absolute Gasteiger partial charge is 0.454 e. The Kier molecular flexibility index (Phi) is 3.78. The Balaban J connectivity index is 1.98. The fraction of sp³-hybridized carbons (Fsp3) is 0.167. The fourth-order valence-electron chi connectivity index (χ4n) is 1.25. The third-order valence-corrected chi connectivity index (χ3v) is 3.13. The van der Waals surface area contributed by atoms with Crippen LogP contribution in [-0.4, -0.2) is 11.0 Å². The molecule has 0 amide bonds. The number of carbonyl (C=O) groups excluding carboxylic acids is 1. The first-order valence-corrected chi connectivity index (χ1v) is 6.08. The summed E-state index contributed by atoms with van der Waals surface area (Å²) in [5, 5.41) is 0. The summed E-state index contributed by atoms with van der Waals surface area (Å²) in [6.07, 6.45) is 0. The number of oxazole rings is 1. The van der Waals surface area contributed by atoms with Gasteiger partial charge in [0.25, 0.3) is 0 Å². The van der Waals surface area contributed by atoms with Gasteiger partial charge in [-0.25, -0.2) is 4.79 Å². The smallest absolute Gasteiger partial charge is 0.395 e. The van der Waals surface area contributed by atoms with E-state index in [9.17, 15) is 4.79 Å². The van der Waals surface area contributed by atoms with Crippen LogP contribution in [-0.2, 0) is 11.3 Å². The highest BCUT2D eigenvalue weighted by molar-refractivity contribution is 14.1. The molecule has 0 N–H and O–H groups in total. The van der Waals surface area contributed by atoms with Crippen LogP contribution in [0.3, 0.4) is 0 Å². The number of aryl methyl sites for hydroxylation is 1. The lowest BCUT2D eigenvalue weighted by atomic mass is 10.2. The van der Waals surface area contributed by atoms with Gasteiger partial charge in [0.05, 0.1) is 0 Å². The standard InChI is InChI=1S/C12H10INO3/c1-8-10(13)14-11(17-8)12(15)16-7-9-5-3-2-4-6-9/h2-6H,7H2,1H3. The van der Waals surface area contributed by atoms with Gasteiger partial charge in [0, 0.05) is 0 Å². The van der Waals surface area contributed by atoms with E-state index in [0.717, 1.165) is 5.56 Å². The van der Waals surface area contributed by atoms with Crippen molar-refractivity contribution < 1.29 is 13.9 Å². The van der Waals surface area contributed by atoms with Crippen molar-refractivity contribution in [2.45, 2.75) is 13.5 Å². The lowest BCUT2D eigenvalue weighted by Gasteiger charge is -2.01. The van der Waals surface area contributed by atoms with E-state index in [-0.39, 0.29) is 12.5 Å². The Labute approximate surface area is 112 Å². The molecule has 0 saturated carbocycles. The molecule has 0 aliphatic heterocycles. The third-order valence-electron chi connectivity index (χ3n) is 2.13. The second kappa shape index (κ2) is 5.31. The molecule has 1 aromatic heterocycles. The van der Waals surface area contributed by atoms with Crippen LogP contribution < -0.4 is 0 Å². The van der Waals surface area contributed by atoms with Crippen molar-refractivity contribution in [1.29, 1.82) is 0 Å². The van der Waals surface area contributed by atoms with Crippen molar-refractivity contribution in [3.8, 4) is 0 Å². The van der Waals surface area contributed by atoms with E-state index in [4.69, 9.17) is 9.15 Å². The van der Waals surface area contributed by atoms with Gasteiger partial charge in [0.2, 0.25) is 0 Å². The summed E-state index contributed by atoms with van der Waals surface area (Å²) >= 11 is 2.01. The van der Waals surface area contributed by atoms with Gasteiger partial charge in [-0.15, -0.1) is 0 Å². The highest BCUT2D eigenvalue weighted by Crippen LogP contribution is 2.13. The van der Waals surface area contributed by atoms with Gasteiger partial charge in [-0.05, 0) is 35.1 Å². The van der Waals surface area contributed by atoms with Gasteiger partial charge in [-0.1, -0.05) is 30.3 Å². The molecular formula is C12H10INO3. The molecule has 4 nitrogen and oxygen atoms in total. The molecule has 17 heavy (non-hydrogen) atoms. The van der Waals surface area contributed by atoms with E-state index < -0.39 is 5.97 Å². The normalized spacial score (nSPS) is 10.2. The summed E-state index contributed by atoms with van der Waals surface area (Å²) in [7, 11) is 0. The Bertz CT molecular complexity index is 502. The zero-order valence-corrected chi connectivity index (χ0v) is 11.3. The molecule has 2 rings (SSSR count). The van der Waals surface area contributed by atoms with Gasteiger partial charge < -0.3 is 9.15 Å². The number of hydrogen-bond donors (Lipinski definition) is 0. The minimum atomic E-state index is -0.542. The summed E-state index contributed by atoms with van der Waals surface area (Å²) in [4.78, 5) is 15.6. The van der Waals surface area contributed by atoms with Crippen molar-refractivity contribution in [3.05, 3.63) is 51.2 Å². The molecule has 0 bridgehead atoms. The molecule has 1 heterocycles. The van der Waals surface area contributed by atoms with E-state index in [0.29, 0.717) is 9.46 Å².